The fourth-order valence-corrected chi connectivity index (χ4v) is 1.67. The van der Waals surface area contributed by atoms with Crippen LogP contribution in [0.4, 0.5) is 5.82 Å². The Hall–Kier alpha value is -1.03. The number of aromatic nitrogens is 2. The highest BCUT2D eigenvalue weighted by atomic mass is 15.3. The largest absolute Gasteiger partial charge is 0.384 e. The molecule has 0 unspecified atom stereocenters. The summed E-state index contributed by atoms with van der Waals surface area (Å²) in [5.74, 6) is 0.767. The van der Waals surface area contributed by atoms with E-state index in [2.05, 4.69) is 10.4 Å². The lowest BCUT2D eigenvalue weighted by Crippen LogP contribution is -2.32. The first kappa shape index (κ1) is 7.61. The van der Waals surface area contributed by atoms with Crippen LogP contribution in [0, 0.1) is 0 Å². The van der Waals surface area contributed by atoms with Crippen molar-refractivity contribution in [2.45, 2.75) is 18.9 Å². The molecule has 2 rings (SSSR count). The van der Waals surface area contributed by atoms with Gasteiger partial charge >= 0.3 is 0 Å². The number of nitrogen functional groups attached to an aromatic ring is 1. The minimum atomic E-state index is 0.453. The Bertz CT molecular complexity index is 249. The zero-order chi connectivity index (χ0) is 8.39. The smallest absolute Gasteiger partial charge is 0.122 e. The maximum absolute atomic E-state index is 5.74. The Morgan fingerprint density at radius 3 is 3.17 bits per heavy atom. The van der Waals surface area contributed by atoms with Gasteiger partial charge in [-0.15, -0.1) is 0 Å². The molecule has 66 valence electrons. The van der Waals surface area contributed by atoms with Crippen LogP contribution in [0.1, 0.15) is 18.9 Å². The number of hydrogen-bond donors (Lipinski definition) is 2. The van der Waals surface area contributed by atoms with Crippen LogP contribution in [0.5, 0.6) is 0 Å². The predicted octanol–water partition coefficient (Wildman–Crippen LogP) is 0.390. The Morgan fingerprint density at radius 2 is 2.58 bits per heavy atom. The number of nitrogens with two attached hydrogens (primary N) is 1. The molecule has 1 aromatic heterocycles. The molecular weight excluding hydrogens is 152 g/mol. The molecule has 1 aliphatic heterocycles. The van der Waals surface area contributed by atoms with Crippen molar-refractivity contribution >= 4 is 5.82 Å². The van der Waals surface area contributed by atoms with E-state index in [0.717, 1.165) is 18.9 Å². The van der Waals surface area contributed by atoms with Crippen LogP contribution in [-0.2, 0) is 0 Å². The van der Waals surface area contributed by atoms with Crippen molar-refractivity contribution < 1.29 is 0 Å². The van der Waals surface area contributed by atoms with Gasteiger partial charge in [-0.1, -0.05) is 0 Å². The van der Waals surface area contributed by atoms with Crippen LogP contribution in [0.25, 0.3) is 0 Å². The third kappa shape index (κ3) is 1.30. The van der Waals surface area contributed by atoms with Crippen LogP contribution < -0.4 is 11.1 Å². The van der Waals surface area contributed by atoms with Crippen LogP contribution >= 0.6 is 0 Å². The molecule has 0 saturated carbocycles. The van der Waals surface area contributed by atoms with E-state index in [0.29, 0.717) is 6.04 Å². The highest BCUT2D eigenvalue weighted by Crippen LogP contribution is 2.18. The molecule has 0 radical (unpaired) electrons. The van der Waals surface area contributed by atoms with Gasteiger partial charge in [-0.25, -0.2) is 4.68 Å². The van der Waals surface area contributed by atoms with Gasteiger partial charge in [0.25, 0.3) is 0 Å². The summed E-state index contributed by atoms with van der Waals surface area (Å²) in [4.78, 5) is 0. The standard InChI is InChI=1S/C8H14N4/c9-8-3-5-11-12(8)7-2-1-4-10-6-7/h3,5,7,10H,1-2,4,6,9H2/t7-/m0/s1. The van der Waals surface area contributed by atoms with Gasteiger partial charge in [0.2, 0.25) is 0 Å². The van der Waals surface area contributed by atoms with Crippen LogP contribution in [0.3, 0.4) is 0 Å². The van der Waals surface area contributed by atoms with Crippen LogP contribution in [-0.4, -0.2) is 22.9 Å². The molecular formula is C8H14N4. The average Bonchev–Trinajstić information content (AvgIpc) is 2.53. The Balaban J connectivity index is 2.13. The highest BCUT2D eigenvalue weighted by molar-refractivity contribution is 5.26. The summed E-state index contributed by atoms with van der Waals surface area (Å²) in [6.45, 7) is 2.11. The molecule has 3 N–H and O–H groups in total. The number of piperidine rings is 1. The molecule has 0 aromatic carbocycles. The van der Waals surface area contributed by atoms with Gasteiger partial charge in [-0.2, -0.15) is 5.10 Å². The average molecular weight is 166 g/mol. The zero-order valence-corrected chi connectivity index (χ0v) is 7.03. The second-order valence-electron chi connectivity index (χ2n) is 3.20. The summed E-state index contributed by atoms with van der Waals surface area (Å²) in [7, 11) is 0. The molecule has 4 nitrogen and oxygen atoms in total. The maximum Gasteiger partial charge on any atom is 0.122 e. The van der Waals surface area contributed by atoms with Gasteiger partial charge in [-0.05, 0) is 25.5 Å². The van der Waals surface area contributed by atoms with Crippen molar-refractivity contribution in [2.75, 3.05) is 18.8 Å². The number of nitrogens with zero attached hydrogens (tertiary/aromatic N) is 2. The number of rotatable bonds is 1. The second kappa shape index (κ2) is 3.15. The van der Waals surface area contributed by atoms with Gasteiger partial charge in [0.15, 0.2) is 0 Å². The maximum atomic E-state index is 5.74. The van der Waals surface area contributed by atoms with E-state index in [1.165, 1.54) is 12.8 Å². The quantitative estimate of drug-likeness (QED) is 0.634. The van der Waals surface area contributed by atoms with E-state index in [9.17, 15) is 0 Å². The number of anilines is 1. The second-order valence-corrected chi connectivity index (χ2v) is 3.20. The van der Waals surface area contributed by atoms with Gasteiger partial charge in [-0.3, -0.25) is 0 Å². The molecule has 2 heterocycles. The summed E-state index contributed by atoms with van der Waals surface area (Å²) in [6.07, 6.45) is 4.15. The summed E-state index contributed by atoms with van der Waals surface area (Å²) in [6, 6.07) is 2.29. The van der Waals surface area contributed by atoms with E-state index in [1.807, 2.05) is 10.7 Å². The fraction of sp³-hybridized carbons (Fsp3) is 0.625. The molecule has 1 fully saturated rings. The Morgan fingerprint density at radius 1 is 1.67 bits per heavy atom. The number of hydrogen-bond acceptors (Lipinski definition) is 3. The van der Waals surface area contributed by atoms with Crippen molar-refractivity contribution in [1.29, 1.82) is 0 Å². The summed E-state index contributed by atoms with van der Waals surface area (Å²) in [5.41, 5.74) is 5.74. The van der Waals surface area contributed by atoms with E-state index < -0.39 is 0 Å². The summed E-state index contributed by atoms with van der Waals surface area (Å²) in [5, 5.41) is 7.53. The molecule has 0 spiro atoms. The lowest BCUT2D eigenvalue weighted by atomic mass is 10.1. The molecule has 1 saturated heterocycles. The molecule has 12 heavy (non-hydrogen) atoms. The fourth-order valence-electron chi connectivity index (χ4n) is 1.67. The SMILES string of the molecule is Nc1ccnn1[C@H]1CCCNC1. The van der Waals surface area contributed by atoms with Gasteiger partial charge in [0, 0.05) is 6.54 Å². The molecule has 0 aliphatic carbocycles. The summed E-state index contributed by atoms with van der Waals surface area (Å²) < 4.78 is 1.91. The minimum Gasteiger partial charge on any atom is -0.384 e. The lowest BCUT2D eigenvalue weighted by molar-refractivity contribution is 0.350. The van der Waals surface area contributed by atoms with Crippen molar-refractivity contribution in [2.24, 2.45) is 0 Å². The van der Waals surface area contributed by atoms with Crippen molar-refractivity contribution in [3.63, 3.8) is 0 Å². The van der Waals surface area contributed by atoms with Gasteiger partial charge in [0.1, 0.15) is 5.82 Å². The third-order valence-electron chi connectivity index (χ3n) is 2.32. The zero-order valence-electron chi connectivity index (χ0n) is 7.03. The highest BCUT2D eigenvalue weighted by Gasteiger charge is 2.16. The van der Waals surface area contributed by atoms with E-state index in [4.69, 9.17) is 5.73 Å². The Kier molecular flexibility index (Phi) is 1.99. The van der Waals surface area contributed by atoms with Crippen LogP contribution in [0.15, 0.2) is 12.3 Å². The van der Waals surface area contributed by atoms with Crippen LogP contribution in [0.2, 0.25) is 0 Å². The Labute approximate surface area is 71.7 Å². The first-order valence-corrected chi connectivity index (χ1v) is 4.37. The van der Waals surface area contributed by atoms with Crippen molar-refractivity contribution in [3.8, 4) is 0 Å². The van der Waals surface area contributed by atoms with Gasteiger partial charge < -0.3 is 11.1 Å². The summed E-state index contributed by atoms with van der Waals surface area (Å²) >= 11 is 0. The predicted molar refractivity (Wildman–Crippen MR) is 47.8 cm³/mol. The molecule has 1 atom stereocenters. The number of nitrogens with one attached hydrogen (secondary N) is 1. The third-order valence-corrected chi connectivity index (χ3v) is 2.32. The van der Waals surface area contributed by atoms with Crippen molar-refractivity contribution in [1.82, 2.24) is 15.1 Å². The molecule has 0 amide bonds. The molecule has 0 bridgehead atoms. The van der Waals surface area contributed by atoms with Gasteiger partial charge in [0.05, 0.1) is 12.2 Å². The van der Waals surface area contributed by atoms with E-state index in [-0.39, 0.29) is 0 Å². The first-order valence-electron chi connectivity index (χ1n) is 4.37. The van der Waals surface area contributed by atoms with E-state index >= 15 is 0 Å². The molecule has 1 aromatic rings. The van der Waals surface area contributed by atoms with Crippen molar-refractivity contribution in [3.05, 3.63) is 12.3 Å². The minimum absolute atomic E-state index is 0.453. The lowest BCUT2D eigenvalue weighted by Gasteiger charge is -2.23. The molecule has 4 heteroatoms. The van der Waals surface area contributed by atoms with E-state index in [1.54, 1.807) is 6.20 Å². The first-order chi connectivity index (χ1) is 5.88. The molecule has 1 aliphatic rings. The normalized spacial score (nSPS) is 24.2. The monoisotopic (exact) mass is 166 g/mol. The topological polar surface area (TPSA) is 55.9 Å².